The van der Waals surface area contributed by atoms with E-state index in [1.807, 2.05) is 38.1 Å². The Bertz CT molecular complexity index is 1080. The molecule has 2 heterocycles. The van der Waals surface area contributed by atoms with Crippen LogP contribution in [0.4, 0.5) is 5.69 Å². The number of unbranched alkanes of at least 4 members (excludes halogenated alkanes) is 1. The predicted molar refractivity (Wildman–Crippen MR) is 114 cm³/mol. The van der Waals surface area contributed by atoms with E-state index in [0.717, 1.165) is 30.5 Å². The standard InChI is InChI=1S/C24H24N2O5/c1-3-4-11-25-22(28)18-10-9-17(13-19(18)23(25)29)24(30)31-14-21(27)26-15(2)12-16-7-5-6-8-20(16)26/h5-10,13,15H,3-4,11-12,14H2,1-2H3/t15-/m1/s1. The molecule has 0 aliphatic carbocycles. The van der Waals surface area contributed by atoms with Crippen molar-refractivity contribution in [2.45, 2.75) is 39.2 Å². The van der Waals surface area contributed by atoms with Crippen molar-refractivity contribution in [3.05, 3.63) is 64.7 Å². The molecule has 1 atom stereocenters. The van der Waals surface area contributed by atoms with E-state index in [0.29, 0.717) is 6.54 Å². The summed E-state index contributed by atoms with van der Waals surface area (Å²) < 4.78 is 5.24. The van der Waals surface area contributed by atoms with Crippen LogP contribution in [0.2, 0.25) is 0 Å². The van der Waals surface area contributed by atoms with Crippen LogP contribution in [0.1, 0.15) is 63.3 Å². The smallest absolute Gasteiger partial charge is 0.338 e. The molecule has 2 aromatic carbocycles. The molecule has 0 fully saturated rings. The highest BCUT2D eigenvalue weighted by Gasteiger charge is 2.36. The lowest BCUT2D eigenvalue weighted by molar-refractivity contribution is -0.122. The average molecular weight is 420 g/mol. The largest absolute Gasteiger partial charge is 0.452 e. The molecular formula is C24H24N2O5. The van der Waals surface area contributed by atoms with Crippen molar-refractivity contribution in [2.24, 2.45) is 0 Å². The second-order valence-electron chi connectivity index (χ2n) is 7.90. The molecular weight excluding hydrogens is 396 g/mol. The maximum absolute atomic E-state index is 12.7. The van der Waals surface area contributed by atoms with E-state index in [2.05, 4.69) is 0 Å². The molecule has 160 valence electrons. The molecule has 0 saturated carbocycles. The number of ether oxygens (including phenoxy) is 1. The number of nitrogens with zero attached hydrogens (tertiary/aromatic N) is 2. The van der Waals surface area contributed by atoms with Gasteiger partial charge in [0.15, 0.2) is 6.61 Å². The van der Waals surface area contributed by atoms with E-state index in [9.17, 15) is 19.2 Å². The molecule has 0 unspecified atom stereocenters. The Kier molecular flexibility index (Phi) is 5.59. The SMILES string of the molecule is CCCCN1C(=O)c2ccc(C(=O)OCC(=O)N3c4ccccc4C[C@H]3C)cc2C1=O. The molecule has 0 radical (unpaired) electrons. The van der Waals surface area contributed by atoms with Gasteiger partial charge in [0, 0.05) is 18.3 Å². The Morgan fingerprint density at radius 2 is 1.81 bits per heavy atom. The summed E-state index contributed by atoms with van der Waals surface area (Å²) in [7, 11) is 0. The second kappa shape index (κ2) is 8.34. The van der Waals surface area contributed by atoms with Crippen LogP contribution in [-0.2, 0) is 16.0 Å². The number of hydrogen-bond donors (Lipinski definition) is 0. The third-order valence-corrected chi connectivity index (χ3v) is 5.74. The van der Waals surface area contributed by atoms with Crippen LogP contribution in [-0.4, -0.2) is 47.8 Å². The fraction of sp³-hybridized carbons (Fsp3) is 0.333. The first-order chi connectivity index (χ1) is 14.9. The number of hydrogen-bond acceptors (Lipinski definition) is 5. The van der Waals surface area contributed by atoms with Crippen LogP contribution < -0.4 is 4.90 Å². The molecule has 3 amide bonds. The first-order valence-corrected chi connectivity index (χ1v) is 10.5. The minimum atomic E-state index is -0.705. The van der Waals surface area contributed by atoms with Crippen molar-refractivity contribution in [3.63, 3.8) is 0 Å². The van der Waals surface area contributed by atoms with E-state index >= 15 is 0 Å². The lowest BCUT2D eigenvalue weighted by atomic mass is 10.1. The van der Waals surface area contributed by atoms with Gasteiger partial charge < -0.3 is 9.64 Å². The molecule has 7 heteroatoms. The molecule has 7 nitrogen and oxygen atoms in total. The summed E-state index contributed by atoms with van der Waals surface area (Å²) in [6.45, 7) is 3.89. The highest BCUT2D eigenvalue weighted by atomic mass is 16.5. The van der Waals surface area contributed by atoms with E-state index in [4.69, 9.17) is 4.74 Å². The molecule has 4 rings (SSSR count). The van der Waals surface area contributed by atoms with E-state index in [1.165, 1.54) is 23.1 Å². The second-order valence-corrected chi connectivity index (χ2v) is 7.90. The third kappa shape index (κ3) is 3.71. The maximum atomic E-state index is 12.7. The minimum Gasteiger partial charge on any atom is -0.452 e. The van der Waals surface area contributed by atoms with Crippen molar-refractivity contribution < 1.29 is 23.9 Å². The Hall–Kier alpha value is -3.48. The monoisotopic (exact) mass is 420 g/mol. The quantitative estimate of drug-likeness (QED) is 0.529. The van der Waals surface area contributed by atoms with Gasteiger partial charge in [-0.1, -0.05) is 31.5 Å². The lowest BCUT2D eigenvalue weighted by Crippen LogP contribution is -2.38. The van der Waals surface area contributed by atoms with Crippen LogP contribution in [0.15, 0.2) is 42.5 Å². The van der Waals surface area contributed by atoms with Crippen LogP contribution in [0.25, 0.3) is 0 Å². The molecule has 2 aromatic rings. The van der Waals surface area contributed by atoms with Gasteiger partial charge in [0.1, 0.15) is 0 Å². The number of imide groups is 1. The van der Waals surface area contributed by atoms with Gasteiger partial charge >= 0.3 is 5.97 Å². The Labute approximate surface area is 180 Å². The van der Waals surface area contributed by atoms with Crippen LogP contribution in [0.5, 0.6) is 0 Å². The zero-order valence-corrected chi connectivity index (χ0v) is 17.6. The number of para-hydroxylation sites is 1. The number of amides is 3. The number of benzene rings is 2. The summed E-state index contributed by atoms with van der Waals surface area (Å²) in [4.78, 5) is 53.1. The Balaban J connectivity index is 1.44. The van der Waals surface area contributed by atoms with E-state index < -0.39 is 18.5 Å². The van der Waals surface area contributed by atoms with Crippen molar-refractivity contribution in [1.82, 2.24) is 4.90 Å². The van der Waals surface area contributed by atoms with Gasteiger partial charge in [0.2, 0.25) is 0 Å². The summed E-state index contributed by atoms with van der Waals surface area (Å²) in [6.07, 6.45) is 2.34. The van der Waals surface area contributed by atoms with Crippen molar-refractivity contribution in [2.75, 3.05) is 18.1 Å². The minimum absolute atomic E-state index is 0.0127. The Morgan fingerprint density at radius 3 is 2.58 bits per heavy atom. The highest BCUT2D eigenvalue weighted by Crippen LogP contribution is 2.32. The van der Waals surface area contributed by atoms with Gasteiger partial charge in [-0.05, 0) is 49.6 Å². The topological polar surface area (TPSA) is 84.0 Å². The van der Waals surface area contributed by atoms with Crippen LogP contribution in [0.3, 0.4) is 0 Å². The van der Waals surface area contributed by atoms with Crippen LogP contribution in [0, 0.1) is 0 Å². The first-order valence-electron chi connectivity index (χ1n) is 10.5. The number of rotatable bonds is 6. The fourth-order valence-corrected chi connectivity index (χ4v) is 4.16. The predicted octanol–water partition coefficient (Wildman–Crippen LogP) is 3.22. The maximum Gasteiger partial charge on any atom is 0.338 e. The molecule has 0 spiro atoms. The van der Waals surface area contributed by atoms with Crippen molar-refractivity contribution in [3.8, 4) is 0 Å². The van der Waals surface area contributed by atoms with Gasteiger partial charge in [0.25, 0.3) is 17.7 Å². The number of carbonyl (C=O) groups excluding carboxylic acids is 4. The molecule has 0 saturated heterocycles. The number of anilines is 1. The molecule has 2 aliphatic rings. The number of fused-ring (bicyclic) bond motifs is 2. The van der Waals surface area contributed by atoms with Gasteiger partial charge in [0.05, 0.1) is 16.7 Å². The summed E-state index contributed by atoms with van der Waals surface area (Å²) >= 11 is 0. The molecule has 31 heavy (non-hydrogen) atoms. The van der Waals surface area contributed by atoms with E-state index in [-0.39, 0.29) is 34.5 Å². The van der Waals surface area contributed by atoms with Gasteiger partial charge in [-0.3, -0.25) is 19.3 Å². The molecule has 0 bridgehead atoms. The molecule has 0 aromatic heterocycles. The summed E-state index contributed by atoms with van der Waals surface area (Å²) in [5.41, 5.74) is 2.55. The zero-order valence-electron chi connectivity index (χ0n) is 17.6. The van der Waals surface area contributed by atoms with Crippen molar-refractivity contribution in [1.29, 1.82) is 0 Å². The first kappa shape index (κ1) is 20.8. The number of esters is 1. The average Bonchev–Trinajstić information content (AvgIpc) is 3.23. The lowest BCUT2D eigenvalue weighted by Gasteiger charge is -2.22. The van der Waals surface area contributed by atoms with Gasteiger partial charge in [-0.15, -0.1) is 0 Å². The van der Waals surface area contributed by atoms with Gasteiger partial charge in [-0.2, -0.15) is 0 Å². The zero-order chi connectivity index (χ0) is 22.1. The van der Waals surface area contributed by atoms with E-state index in [1.54, 1.807) is 4.90 Å². The summed E-state index contributed by atoms with van der Waals surface area (Å²) in [5.74, 6) is -1.75. The molecule has 0 N–H and O–H groups in total. The summed E-state index contributed by atoms with van der Waals surface area (Å²) in [5, 5.41) is 0. The Morgan fingerprint density at radius 1 is 1.06 bits per heavy atom. The van der Waals surface area contributed by atoms with Crippen LogP contribution >= 0.6 is 0 Å². The fourth-order valence-electron chi connectivity index (χ4n) is 4.16. The van der Waals surface area contributed by atoms with Crippen molar-refractivity contribution >= 4 is 29.4 Å². The third-order valence-electron chi connectivity index (χ3n) is 5.74. The highest BCUT2D eigenvalue weighted by molar-refractivity contribution is 6.22. The molecule has 2 aliphatic heterocycles. The van der Waals surface area contributed by atoms with Gasteiger partial charge in [-0.25, -0.2) is 4.79 Å². The summed E-state index contributed by atoms with van der Waals surface area (Å²) in [6, 6.07) is 12.0. The number of carbonyl (C=O) groups is 4. The normalized spacial score (nSPS) is 17.0.